The number of nitrogens with zero attached hydrogens (tertiary/aromatic N) is 2. The third kappa shape index (κ3) is 2.86. The van der Waals surface area contributed by atoms with E-state index in [0.29, 0.717) is 0 Å². The first kappa shape index (κ1) is 13.8. The van der Waals surface area contributed by atoms with Crippen LogP contribution >= 0.6 is 11.3 Å². The van der Waals surface area contributed by atoms with Gasteiger partial charge in [0.1, 0.15) is 0 Å². The van der Waals surface area contributed by atoms with E-state index >= 15 is 0 Å². The van der Waals surface area contributed by atoms with Crippen molar-refractivity contribution in [2.75, 3.05) is 18.0 Å². The molecule has 0 spiro atoms. The van der Waals surface area contributed by atoms with Gasteiger partial charge in [0.05, 0.1) is 5.69 Å². The number of piperidine rings is 1. The summed E-state index contributed by atoms with van der Waals surface area (Å²) in [5.74, 6) is 1.69. The fraction of sp³-hybridized carbons (Fsp3) is 0.786. The molecule has 1 unspecified atom stereocenters. The summed E-state index contributed by atoms with van der Waals surface area (Å²) in [6.45, 7) is 11.1. The van der Waals surface area contributed by atoms with Crippen molar-refractivity contribution in [3.05, 3.63) is 10.6 Å². The van der Waals surface area contributed by atoms with E-state index in [1.165, 1.54) is 22.9 Å². The van der Waals surface area contributed by atoms with Gasteiger partial charge in [0.15, 0.2) is 5.13 Å². The van der Waals surface area contributed by atoms with Crippen molar-refractivity contribution >= 4 is 16.5 Å². The molecule has 1 fully saturated rings. The summed E-state index contributed by atoms with van der Waals surface area (Å²) in [7, 11) is 0. The van der Waals surface area contributed by atoms with Crippen LogP contribution in [-0.2, 0) is 0 Å². The van der Waals surface area contributed by atoms with Crippen molar-refractivity contribution in [1.29, 1.82) is 0 Å². The van der Waals surface area contributed by atoms with Crippen LogP contribution in [0.2, 0.25) is 0 Å². The minimum Gasteiger partial charge on any atom is -0.348 e. The molecule has 0 amide bonds. The van der Waals surface area contributed by atoms with Gasteiger partial charge in [-0.3, -0.25) is 0 Å². The fourth-order valence-electron chi connectivity index (χ4n) is 2.71. The zero-order valence-electron chi connectivity index (χ0n) is 11.9. The van der Waals surface area contributed by atoms with Crippen molar-refractivity contribution < 1.29 is 0 Å². The molecule has 18 heavy (non-hydrogen) atoms. The van der Waals surface area contributed by atoms with Crippen LogP contribution in [0.4, 0.5) is 5.13 Å². The Labute approximate surface area is 114 Å². The number of hydrogen-bond acceptors (Lipinski definition) is 4. The quantitative estimate of drug-likeness (QED) is 0.913. The number of nitrogens with two attached hydrogens (primary N) is 1. The average Bonchev–Trinajstić information content (AvgIpc) is 2.71. The largest absolute Gasteiger partial charge is 0.348 e. The topological polar surface area (TPSA) is 42.2 Å². The highest BCUT2D eigenvalue weighted by Gasteiger charge is 2.24. The van der Waals surface area contributed by atoms with Gasteiger partial charge >= 0.3 is 0 Å². The Morgan fingerprint density at radius 3 is 2.33 bits per heavy atom. The molecule has 1 aliphatic rings. The lowest BCUT2D eigenvalue weighted by Gasteiger charge is -2.33. The molecule has 2 N–H and O–H groups in total. The third-order valence-corrected chi connectivity index (χ3v) is 5.41. The Kier molecular flexibility index (Phi) is 4.28. The SMILES string of the molecule is Cc1nc(N2CCC(C(C)C)CC2)sc1C(C)N. The molecule has 1 aromatic heterocycles. The van der Waals surface area contributed by atoms with E-state index in [-0.39, 0.29) is 6.04 Å². The van der Waals surface area contributed by atoms with Crippen LogP contribution < -0.4 is 10.6 Å². The summed E-state index contributed by atoms with van der Waals surface area (Å²) in [6, 6.07) is 0.101. The molecule has 1 aromatic rings. The molecule has 1 saturated heterocycles. The van der Waals surface area contributed by atoms with Crippen molar-refractivity contribution in [1.82, 2.24) is 4.98 Å². The van der Waals surface area contributed by atoms with E-state index < -0.39 is 0 Å². The average molecular weight is 267 g/mol. The molecule has 1 atom stereocenters. The number of anilines is 1. The first-order valence-electron chi connectivity index (χ1n) is 6.97. The maximum absolute atomic E-state index is 5.97. The highest BCUT2D eigenvalue weighted by atomic mass is 32.1. The van der Waals surface area contributed by atoms with Crippen molar-refractivity contribution in [3.8, 4) is 0 Å². The predicted octanol–water partition coefficient (Wildman–Crippen LogP) is 3.34. The van der Waals surface area contributed by atoms with Gasteiger partial charge in [0.2, 0.25) is 0 Å². The first-order chi connectivity index (χ1) is 8.49. The van der Waals surface area contributed by atoms with Crippen LogP contribution in [0.3, 0.4) is 0 Å². The highest BCUT2D eigenvalue weighted by Crippen LogP contribution is 2.33. The number of hydrogen-bond donors (Lipinski definition) is 1. The molecule has 2 rings (SSSR count). The second-order valence-electron chi connectivity index (χ2n) is 5.80. The lowest BCUT2D eigenvalue weighted by Crippen LogP contribution is -2.35. The summed E-state index contributed by atoms with van der Waals surface area (Å²) in [4.78, 5) is 8.36. The van der Waals surface area contributed by atoms with E-state index in [9.17, 15) is 0 Å². The molecule has 2 heterocycles. The molecule has 3 nitrogen and oxygen atoms in total. The third-order valence-electron chi connectivity index (χ3n) is 3.99. The standard InChI is InChI=1S/C14H25N3S/c1-9(2)12-5-7-17(8-6-12)14-16-11(4)13(18-14)10(3)15/h9-10,12H,5-8,15H2,1-4H3. The van der Waals surface area contributed by atoms with Crippen LogP contribution in [0.5, 0.6) is 0 Å². The van der Waals surface area contributed by atoms with Crippen LogP contribution in [-0.4, -0.2) is 18.1 Å². The van der Waals surface area contributed by atoms with Gasteiger partial charge in [-0.25, -0.2) is 4.98 Å². The molecule has 1 aliphatic heterocycles. The number of thiazole rings is 1. The maximum Gasteiger partial charge on any atom is 0.185 e. The van der Waals surface area contributed by atoms with Gasteiger partial charge < -0.3 is 10.6 Å². The van der Waals surface area contributed by atoms with Crippen molar-refractivity contribution in [2.45, 2.75) is 46.6 Å². The van der Waals surface area contributed by atoms with Crippen LogP contribution in [0.1, 0.15) is 50.2 Å². The lowest BCUT2D eigenvalue weighted by molar-refractivity contribution is 0.311. The smallest absolute Gasteiger partial charge is 0.185 e. The zero-order chi connectivity index (χ0) is 13.3. The number of aromatic nitrogens is 1. The Hall–Kier alpha value is -0.610. The molecular weight excluding hydrogens is 242 g/mol. The minimum atomic E-state index is 0.101. The van der Waals surface area contributed by atoms with E-state index in [1.54, 1.807) is 11.3 Å². The van der Waals surface area contributed by atoms with Gasteiger partial charge in [-0.15, -0.1) is 11.3 Å². The van der Waals surface area contributed by atoms with Crippen LogP contribution in [0.25, 0.3) is 0 Å². The molecule has 0 bridgehead atoms. The summed E-state index contributed by atoms with van der Waals surface area (Å²) in [6.07, 6.45) is 2.59. The summed E-state index contributed by atoms with van der Waals surface area (Å²) >= 11 is 1.77. The highest BCUT2D eigenvalue weighted by molar-refractivity contribution is 7.15. The Bertz CT molecular complexity index is 390. The van der Waals surface area contributed by atoms with Gasteiger partial charge in [-0.05, 0) is 38.5 Å². The summed E-state index contributed by atoms with van der Waals surface area (Å²) in [5, 5.41) is 1.17. The second-order valence-corrected chi connectivity index (χ2v) is 6.81. The predicted molar refractivity (Wildman–Crippen MR) is 79.2 cm³/mol. The second kappa shape index (κ2) is 5.57. The molecule has 0 aromatic carbocycles. The molecule has 0 saturated carbocycles. The van der Waals surface area contributed by atoms with E-state index in [2.05, 4.69) is 30.7 Å². The zero-order valence-corrected chi connectivity index (χ0v) is 12.8. The molecule has 0 radical (unpaired) electrons. The molecule has 102 valence electrons. The monoisotopic (exact) mass is 267 g/mol. The number of rotatable bonds is 3. The van der Waals surface area contributed by atoms with Gasteiger partial charge in [-0.1, -0.05) is 13.8 Å². The molecular formula is C14H25N3S. The van der Waals surface area contributed by atoms with E-state index in [1.807, 2.05) is 6.92 Å². The first-order valence-corrected chi connectivity index (χ1v) is 7.78. The van der Waals surface area contributed by atoms with Crippen LogP contribution in [0.15, 0.2) is 0 Å². The van der Waals surface area contributed by atoms with Crippen LogP contribution in [0, 0.1) is 18.8 Å². The minimum absolute atomic E-state index is 0.101. The van der Waals surface area contributed by atoms with Crippen molar-refractivity contribution in [2.24, 2.45) is 17.6 Å². The molecule has 4 heteroatoms. The Morgan fingerprint density at radius 1 is 1.28 bits per heavy atom. The van der Waals surface area contributed by atoms with Crippen molar-refractivity contribution in [3.63, 3.8) is 0 Å². The Balaban J connectivity index is 2.03. The van der Waals surface area contributed by atoms with Gasteiger partial charge in [0, 0.05) is 24.0 Å². The fourth-order valence-corrected chi connectivity index (χ4v) is 3.78. The van der Waals surface area contributed by atoms with E-state index in [0.717, 1.165) is 30.6 Å². The summed E-state index contributed by atoms with van der Waals surface area (Å²) in [5.41, 5.74) is 7.08. The van der Waals surface area contributed by atoms with Gasteiger partial charge in [-0.2, -0.15) is 0 Å². The normalized spacial score (nSPS) is 19.6. The maximum atomic E-state index is 5.97. The number of aryl methyl sites for hydroxylation is 1. The Morgan fingerprint density at radius 2 is 1.89 bits per heavy atom. The summed E-state index contributed by atoms with van der Waals surface area (Å²) < 4.78 is 0. The molecule has 0 aliphatic carbocycles. The van der Waals surface area contributed by atoms with Gasteiger partial charge in [0.25, 0.3) is 0 Å². The lowest BCUT2D eigenvalue weighted by atomic mass is 9.87. The van der Waals surface area contributed by atoms with E-state index in [4.69, 9.17) is 5.73 Å².